The lowest BCUT2D eigenvalue weighted by atomic mass is 9.86. The number of nitrogens with two attached hydrogens (primary N) is 2. The first kappa shape index (κ1) is 24.1. The van der Waals surface area contributed by atoms with Crippen molar-refractivity contribution < 1.29 is 10.2 Å². The fourth-order valence-electron chi connectivity index (χ4n) is 4.71. The Kier molecular flexibility index (Phi) is 7.13. The van der Waals surface area contributed by atoms with E-state index < -0.39 is 0 Å². The molecule has 0 radical (unpaired) electrons. The van der Waals surface area contributed by atoms with Gasteiger partial charge in [-0.1, -0.05) is 84.9 Å². The van der Waals surface area contributed by atoms with Crippen LogP contribution in [0.5, 0.6) is 0 Å². The van der Waals surface area contributed by atoms with Crippen molar-refractivity contribution in [2.24, 2.45) is 11.7 Å². The van der Waals surface area contributed by atoms with E-state index in [0.717, 1.165) is 34.4 Å². The van der Waals surface area contributed by atoms with Crippen LogP contribution >= 0.6 is 0 Å². The summed E-state index contributed by atoms with van der Waals surface area (Å²) < 4.78 is 0. The van der Waals surface area contributed by atoms with E-state index in [0.29, 0.717) is 17.8 Å². The van der Waals surface area contributed by atoms with E-state index >= 15 is 0 Å². The summed E-state index contributed by atoms with van der Waals surface area (Å²) in [6.07, 6.45) is 3.46. The van der Waals surface area contributed by atoms with E-state index in [1.165, 1.54) is 5.56 Å². The van der Waals surface area contributed by atoms with Crippen LogP contribution in [0.1, 0.15) is 27.0 Å². The molecule has 0 saturated heterocycles. The highest BCUT2D eigenvalue weighted by Crippen LogP contribution is 2.27. The van der Waals surface area contributed by atoms with E-state index in [-0.39, 0.29) is 17.9 Å². The van der Waals surface area contributed by atoms with Gasteiger partial charge in [0.25, 0.3) is 11.7 Å². The van der Waals surface area contributed by atoms with Crippen LogP contribution in [0.3, 0.4) is 0 Å². The fourth-order valence-corrected chi connectivity index (χ4v) is 4.71. The monoisotopic (exact) mass is 487 g/mol. The molecule has 0 aromatic heterocycles. The molecule has 1 aliphatic rings. The second kappa shape index (κ2) is 11.0. The zero-order valence-corrected chi connectivity index (χ0v) is 20.6. The van der Waals surface area contributed by atoms with Crippen molar-refractivity contribution in [3.63, 3.8) is 0 Å². The van der Waals surface area contributed by atoms with E-state index in [1.54, 1.807) is 0 Å². The molecule has 2 atom stereocenters. The molecule has 6 N–H and O–H groups in total. The number of nitrogens with one attached hydrogen (secondary N) is 2. The van der Waals surface area contributed by atoms with Gasteiger partial charge in [0.05, 0.1) is 5.56 Å². The molecule has 4 aromatic carbocycles. The lowest BCUT2D eigenvalue weighted by Gasteiger charge is -2.27. The summed E-state index contributed by atoms with van der Waals surface area (Å²) in [6.45, 7) is 0. The Labute approximate surface area is 217 Å². The van der Waals surface area contributed by atoms with Crippen molar-refractivity contribution in [3.8, 4) is 11.1 Å². The molecule has 1 amide bonds. The van der Waals surface area contributed by atoms with E-state index in [4.69, 9.17) is 11.1 Å². The lowest BCUT2D eigenvalue weighted by molar-refractivity contribution is -0.114. The molecule has 4 aromatic rings. The Morgan fingerprint density at radius 1 is 0.757 bits per heavy atom. The van der Waals surface area contributed by atoms with Crippen LogP contribution in [0, 0.1) is 5.92 Å². The Bertz CT molecular complexity index is 1410. The number of benzene rings is 4. The molecule has 5 nitrogen and oxygen atoms in total. The maximum atomic E-state index is 13.4. The first-order valence-electron chi connectivity index (χ1n) is 12.5. The number of carbonyl (C=O) groups is 1. The van der Waals surface area contributed by atoms with Crippen LogP contribution in [0.2, 0.25) is 0 Å². The average molecular weight is 488 g/mol. The minimum absolute atomic E-state index is 0.0713. The number of hydrogen-bond donors (Lipinski definition) is 4. The van der Waals surface area contributed by atoms with Gasteiger partial charge in [-0.3, -0.25) is 15.9 Å². The first-order valence-corrected chi connectivity index (χ1v) is 12.5. The van der Waals surface area contributed by atoms with Crippen LogP contribution in [-0.4, -0.2) is 17.8 Å². The van der Waals surface area contributed by atoms with Gasteiger partial charge in [0, 0.05) is 29.4 Å². The maximum absolute atomic E-state index is 13.4. The predicted molar refractivity (Wildman–Crippen MR) is 148 cm³/mol. The SMILES string of the molecule is NC(=[NH2+])c1cccc(CC(C2=CN2)C(Cc2ccccc2)NC(=O)c2ccc(-c3ccccc3)cc2)c1. The Hall–Kier alpha value is -4.64. The summed E-state index contributed by atoms with van der Waals surface area (Å²) in [5.41, 5.74) is 12.9. The first-order chi connectivity index (χ1) is 18.1. The highest BCUT2D eigenvalue weighted by Gasteiger charge is 2.31. The molecular formula is C32H31N4O+. The molecule has 2 unspecified atom stereocenters. The summed E-state index contributed by atoms with van der Waals surface area (Å²) in [6, 6.07) is 36.1. The molecule has 0 spiro atoms. The van der Waals surface area contributed by atoms with Crippen molar-refractivity contribution in [3.05, 3.63) is 143 Å². The van der Waals surface area contributed by atoms with E-state index in [1.807, 2.05) is 85.1 Å². The number of amides is 1. The summed E-state index contributed by atoms with van der Waals surface area (Å²) in [7, 11) is 0. The number of rotatable bonds is 10. The van der Waals surface area contributed by atoms with Crippen molar-refractivity contribution in [2.45, 2.75) is 18.9 Å². The maximum Gasteiger partial charge on any atom is 0.270 e. The molecule has 0 aliphatic carbocycles. The standard InChI is InChI=1S/C32H30N4O/c33-31(34)27-13-7-10-23(18-27)19-28(30-21-35-30)29(20-22-8-3-1-4-9-22)36-32(37)26-16-14-25(15-17-26)24-11-5-2-6-12-24/h1-18,21,28-29,35H,19-20H2,(H3,33,34)(H,36,37)/p+1. The van der Waals surface area contributed by atoms with Crippen LogP contribution in [0.25, 0.3) is 11.1 Å². The second-order valence-electron chi connectivity index (χ2n) is 9.42. The minimum atomic E-state index is -0.118. The third-order valence-corrected chi connectivity index (χ3v) is 6.78. The minimum Gasteiger partial charge on any atom is -0.362 e. The van der Waals surface area contributed by atoms with Crippen molar-refractivity contribution >= 4 is 11.7 Å². The van der Waals surface area contributed by atoms with Gasteiger partial charge in [0.2, 0.25) is 0 Å². The van der Waals surface area contributed by atoms with Crippen molar-refractivity contribution in [1.82, 2.24) is 10.6 Å². The van der Waals surface area contributed by atoms with Crippen molar-refractivity contribution in [2.75, 3.05) is 0 Å². The van der Waals surface area contributed by atoms with E-state index in [2.05, 4.69) is 41.0 Å². The zero-order chi connectivity index (χ0) is 25.6. The topological polar surface area (TPSA) is 103 Å². The van der Waals surface area contributed by atoms with E-state index in [9.17, 15) is 4.79 Å². The quantitative estimate of drug-likeness (QED) is 0.203. The van der Waals surface area contributed by atoms with Crippen LogP contribution in [0.4, 0.5) is 0 Å². The Morgan fingerprint density at radius 3 is 2.03 bits per heavy atom. The molecule has 0 fully saturated rings. The van der Waals surface area contributed by atoms with Gasteiger partial charge < -0.3 is 10.6 Å². The Balaban J connectivity index is 1.39. The summed E-state index contributed by atoms with van der Waals surface area (Å²) >= 11 is 0. The molecule has 37 heavy (non-hydrogen) atoms. The van der Waals surface area contributed by atoms with Gasteiger partial charge in [-0.15, -0.1) is 0 Å². The van der Waals surface area contributed by atoms with Crippen LogP contribution < -0.4 is 21.8 Å². The number of carbonyl (C=O) groups excluding carboxylic acids is 1. The molecule has 0 saturated carbocycles. The smallest absolute Gasteiger partial charge is 0.270 e. The van der Waals surface area contributed by atoms with Crippen LogP contribution in [-0.2, 0) is 12.8 Å². The number of amidine groups is 1. The van der Waals surface area contributed by atoms with Crippen LogP contribution in [0.15, 0.2) is 121 Å². The summed E-state index contributed by atoms with van der Waals surface area (Å²) in [5, 5.41) is 12.5. The second-order valence-corrected chi connectivity index (χ2v) is 9.42. The zero-order valence-electron chi connectivity index (χ0n) is 20.6. The molecule has 5 heteroatoms. The average Bonchev–Trinajstić information content (AvgIpc) is 3.78. The fraction of sp³-hybridized carbons (Fsp3) is 0.125. The van der Waals surface area contributed by atoms with Crippen molar-refractivity contribution in [1.29, 1.82) is 0 Å². The van der Waals surface area contributed by atoms with Gasteiger partial charge in [-0.05, 0) is 59.4 Å². The van der Waals surface area contributed by atoms with Gasteiger partial charge in [-0.2, -0.15) is 0 Å². The highest BCUT2D eigenvalue weighted by atomic mass is 16.1. The molecular weight excluding hydrogens is 456 g/mol. The molecule has 0 bridgehead atoms. The molecule has 5 rings (SSSR count). The van der Waals surface area contributed by atoms with Gasteiger partial charge in [0.1, 0.15) is 0 Å². The third kappa shape index (κ3) is 6.14. The highest BCUT2D eigenvalue weighted by molar-refractivity contribution is 5.95. The number of hydrogen-bond acceptors (Lipinski definition) is 2. The van der Waals surface area contributed by atoms with Gasteiger partial charge in [0.15, 0.2) is 0 Å². The normalized spacial score (nSPS) is 13.6. The van der Waals surface area contributed by atoms with Gasteiger partial charge in [-0.25, -0.2) is 0 Å². The lowest BCUT2D eigenvalue weighted by Crippen LogP contribution is -2.46. The third-order valence-electron chi connectivity index (χ3n) is 6.78. The largest absolute Gasteiger partial charge is 0.362 e. The molecule has 1 heterocycles. The molecule has 1 aliphatic heterocycles. The Morgan fingerprint density at radius 2 is 1.38 bits per heavy atom. The summed E-state index contributed by atoms with van der Waals surface area (Å²) in [5.74, 6) is 0.289. The molecule has 184 valence electrons. The summed E-state index contributed by atoms with van der Waals surface area (Å²) in [4.78, 5) is 13.4. The van der Waals surface area contributed by atoms with Gasteiger partial charge >= 0.3 is 0 Å². The predicted octanol–water partition coefficient (Wildman–Crippen LogP) is 3.46.